The van der Waals surface area contributed by atoms with Crippen molar-refractivity contribution in [2.24, 2.45) is 0 Å². The molecule has 11 heteroatoms. The maximum atomic E-state index is 8.52. The van der Waals surface area contributed by atoms with Gasteiger partial charge < -0.3 is 20.1 Å². The van der Waals surface area contributed by atoms with Crippen LogP contribution in [0.2, 0.25) is 0 Å². The molecule has 0 aromatic heterocycles. The molecule has 0 aromatic rings. The van der Waals surface area contributed by atoms with Crippen LogP contribution in [0.3, 0.4) is 0 Å². The van der Waals surface area contributed by atoms with Gasteiger partial charge in [-0.05, 0) is 0 Å². The van der Waals surface area contributed by atoms with Gasteiger partial charge in [0.1, 0.15) is 0 Å². The van der Waals surface area contributed by atoms with Crippen LogP contribution in [0.1, 0.15) is 0 Å². The molecule has 6 nitrogen and oxygen atoms in total. The first-order valence-corrected chi connectivity index (χ1v) is 2.00. The Morgan fingerprint density at radius 1 is 0.818 bits per heavy atom. The Bertz CT molecular complexity index is 97.8. The van der Waals surface area contributed by atoms with Gasteiger partial charge in [-0.25, -0.2) is 0 Å². The summed E-state index contributed by atoms with van der Waals surface area (Å²) in [6.07, 6.45) is 0. The van der Waals surface area contributed by atoms with Gasteiger partial charge in [0.05, 0.1) is 0 Å². The zero-order valence-corrected chi connectivity index (χ0v) is 9.86. The SMILES string of the molecule is O.O.O=S(=O)([O-])[O-].[Na+].[Na+].[NaH].[NaH]. The van der Waals surface area contributed by atoms with Crippen LogP contribution in [-0.4, -0.2) is 87.6 Å². The second-order valence-electron chi connectivity index (χ2n) is 0.408. The summed E-state index contributed by atoms with van der Waals surface area (Å²) in [5, 5.41) is 0. The van der Waals surface area contributed by atoms with Crippen LogP contribution in [0.4, 0.5) is 0 Å². The molecule has 0 unspecified atom stereocenters. The number of rotatable bonds is 0. The van der Waals surface area contributed by atoms with E-state index in [-0.39, 0.29) is 129 Å². The molecule has 0 atom stereocenters. The molecule has 0 aromatic carbocycles. The van der Waals surface area contributed by atoms with Gasteiger partial charge in [-0.2, -0.15) is 0 Å². The normalized spacial score (nSPS) is 5.27. The van der Waals surface area contributed by atoms with E-state index in [1.54, 1.807) is 0 Å². The van der Waals surface area contributed by atoms with E-state index in [1.807, 2.05) is 0 Å². The number of hydrogen-bond donors (Lipinski definition) is 0. The van der Waals surface area contributed by atoms with Crippen LogP contribution in [0, 0.1) is 0 Å². The fourth-order valence-corrected chi connectivity index (χ4v) is 0. The molecule has 0 bridgehead atoms. The average molecular weight is 226 g/mol. The summed E-state index contributed by atoms with van der Waals surface area (Å²) in [4.78, 5) is 0. The summed E-state index contributed by atoms with van der Waals surface area (Å²) in [7, 11) is -5.17. The van der Waals surface area contributed by atoms with Crippen LogP contribution in [0.5, 0.6) is 0 Å². The second kappa shape index (κ2) is 23.5. The van der Waals surface area contributed by atoms with Crippen LogP contribution < -0.4 is 59.1 Å². The van der Waals surface area contributed by atoms with E-state index in [4.69, 9.17) is 17.5 Å². The van der Waals surface area contributed by atoms with Crippen LogP contribution in [-0.2, 0) is 10.4 Å². The van der Waals surface area contributed by atoms with E-state index in [0.29, 0.717) is 0 Å². The fraction of sp³-hybridized carbons (Fsp3) is 0. The van der Waals surface area contributed by atoms with Crippen LogP contribution >= 0.6 is 0 Å². The Hall–Kier alpha value is 3.79. The van der Waals surface area contributed by atoms with Gasteiger partial charge in [-0.15, -0.1) is 0 Å². The predicted molar refractivity (Wildman–Crippen MR) is 32.0 cm³/mol. The quantitative estimate of drug-likeness (QED) is 0.229. The Morgan fingerprint density at radius 2 is 0.818 bits per heavy atom. The van der Waals surface area contributed by atoms with Gasteiger partial charge in [-0.3, -0.25) is 8.42 Å². The zero-order chi connectivity index (χ0) is 4.50. The molecule has 0 rings (SSSR count). The Morgan fingerprint density at radius 3 is 0.818 bits per heavy atom. The third-order valence-electron chi connectivity index (χ3n) is 0. The minimum atomic E-state index is -5.17. The van der Waals surface area contributed by atoms with E-state index in [0.717, 1.165) is 0 Å². The van der Waals surface area contributed by atoms with Crippen molar-refractivity contribution in [3.05, 3.63) is 0 Å². The molecular weight excluding hydrogens is 220 g/mol. The van der Waals surface area contributed by atoms with Gasteiger partial charge in [0.2, 0.25) is 0 Å². The molecular formula is H6Na4O6S. The third-order valence-corrected chi connectivity index (χ3v) is 0. The topological polar surface area (TPSA) is 143 Å². The van der Waals surface area contributed by atoms with E-state index < -0.39 is 10.4 Å². The summed E-state index contributed by atoms with van der Waals surface area (Å²) in [6, 6.07) is 0. The van der Waals surface area contributed by atoms with Crippen molar-refractivity contribution >= 4 is 69.5 Å². The van der Waals surface area contributed by atoms with E-state index in [9.17, 15) is 0 Å². The molecule has 0 fully saturated rings. The van der Waals surface area contributed by atoms with Crippen molar-refractivity contribution in [2.75, 3.05) is 0 Å². The van der Waals surface area contributed by atoms with E-state index in [1.165, 1.54) is 0 Å². The average Bonchev–Trinajstić information content (AvgIpc) is 0.722. The molecule has 0 aliphatic carbocycles. The van der Waals surface area contributed by atoms with Gasteiger partial charge in [0.25, 0.3) is 0 Å². The molecule has 52 valence electrons. The summed E-state index contributed by atoms with van der Waals surface area (Å²) < 4.78 is 34.1. The van der Waals surface area contributed by atoms with Crippen molar-refractivity contribution in [1.29, 1.82) is 0 Å². The Labute approximate surface area is 154 Å². The van der Waals surface area contributed by atoms with Gasteiger partial charge in [-0.1, -0.05) is 0 Å². The van der Waals surface area contributed by atoms with Crippen molar-refractivity contribution in [3.8, 4) is 0 Å². The van der Waals surface area contributed by atoms with Crippen molar-refractivity contribution in [2.45, 2.75) is 0 Å². The van der Waals surface area contributed by atoms with Gasteiger partial charge in [0.15, 0.2) is 0 Å². The van der Waals surface area contributed by atoms with Crippen LogP contribution in [0.15, 0.2) is 0 Å². The molecule has 0 saturated carbocycles. The molecule has 0 amide bonds. The van der Waals surface area contributed by atoms with Gasteiger partial charge in [0, 0.05) is 10.4 Å². The second-order valence-corrected chi connectivity index (χ2v) is 1.22. The summed E-state index contributed by atoms with van der Waals surface area (Å²) >= 11 is 0. The molecule has 11 heavy (non-hydrogen) atoms. The minimum absolute atomic E-state index is 0. The van der Waals surface area contributed by atoms with Crippen molar-refractivity contribution in [3.63, 3.8) is 0 Å². The fourth-order valence-electron chi connectivity index (χ4n) is 0. The molecule has 0 spiro atoms. The zero-order valence-electron chi connectivity index (χ0n) is 5.04. The first-order chi connectivity index (χ1) is 2.00. The van der Waals surface area contributed by atoms with E-state index in [2.05, 4.69) is 0 Å². The Balaban J connectivity index is -0.00000000533. The Kier molecular flexibility index (Phi) is 99.2. The molecule has 0 heterocycles. The maximum absolute atomic E-state index is 8.52. The molecule has 0 aliphatic heterocycles. The summed E-state index contributed by atoms with van der Waals surface area (Å²) in [5.74, 6) is 0. The first-order valence-electron chi connectivity index (χ1n) is 0.667. The van der Waals surface area contributed by atoms with Crippen LogP contribution in [0.25, 0.3) is 0 Å². The molecule has 0 saturated heterocycles. The van der Waals surface area contributed by atoms with Crippen molar-refractivity contribution in [1.82, 2.24) is 0 Å². The molecule has 0 aliphatic rings. The van der Waals surface area contributed by atoms with E-state index >= 15 is 0 Å². The third kappa shape index (κ3) is 133. The number of hydrogen-bond acceptors (Lipinski definition) is 4. The van der Waals surface area contributed by atoms with Gasteiger partial charge >= 0.3 is 118 Å². The molecule has 4 N–H and O–H groups in total. The summed E-state index contributed by atoms with van der Waals surface area (Å²) in [6.45, 7) is 0. The molecule has 0 radical (unpaired) electrons. The standard InChI is InChI=1S/4Na.H2O4S.2H2O.2H/c;;;;1-5(2,3)4;;;;/h;;;;(H2,1,2,3,4);2*1H2;;/q;;2*+1;;;;;/p-2. The summed E-state index contributed by atoms with van der Waals surface area (Å²) in [5.41, 5.74) is 0. The van der Waals surface area contributed by atoms with Crippen molar-refractivity contribution < 1.29 is 87.6 Å². The first kappa shape index (κ1) is 46.3. The monoisotopic (exact) mass is 226 g/mol. The predicted octanol–water partition coefficient (Wildman–Crippen LogP) is -10.3.